The number of nitrogens with zero attached hydrogens (tertiary/aromatic N) is 1. The van der Waals surface area contributed by atoms with Gasteiger partial charge in [0.2, 0.25) is 0 Å². The monoisotopic (exact) mass is 283 g/mol. The molecular weight excluding hydrogens is 258 g/mol. The Bertz CT molecular complexity index is 337. The van der Waals surface area contributed by atoms with Gasteiger partial charge in [-0.3, -0.25) is 4.79 Å². The Kier molecular flexibility index (Phi) is 7.12. The Morgan fingerprint density at radius 3 is 2.55 bits per heavy atom. The van der Waals surface area contributed by atoms with Crippen LogP contribution in [0.3, 0.4) is 0 Å². The van der Waals surface area contributed by atoms with Crippen molar-refractivity contribution in [3.8, 4) is 0 Å². The molecule has 0 aromatic rings. The molecule has 1 atom stereocenters. The molecule has 0 saturated heterocycles. The summed E-state index contributed by atoms with van der Waals surface area (Å²) in [5.41, 5.74) is 0. The van der Waals surface area contributed by atoms with Crippen LogP contribution in [-0.2, 0) is 14.4 Å². The van der Waals surface area contributed by atoms with Crippen molar-refractivity contribution in [2.75, 3.05) is 6.61 Å². The van der Waals surface area contributed by atoms with Crippen molar-refractivity contribution < 1.29 is 19.2 Å². The lowest BCUT2D eigenvalue weighted by Crippen LogP contribution is -2.43. The van der Waals surface area contributed by atoms with Gasteiger partial charge in [0.15, 0.2) is 0 Å². The van der Waals surface area contributed by atoms with Gasteiger partial charge in [-0.15, -0.1) is 11.6 Å². The molecule has 0 aliphatic heterocycles. The van der Waals surface area contributed by atoms with Gasteiger partial charge >= 0.3 is 12.1 Å². The average Bonchev–Trinajstić information content (AvgIpc) is 2.43. The van der Waals surface area contributed by atoms with Crippen molar-refractivity contribution in [3.05, 3.63) is 12.7 Å². The Balaban J connectivity index is 2.54. The molecular formula is C15H25NO4. The fraction of sp³-hybridized carbons (Fsp3) is 0.733. The van der Waals surface area contributed by atoms with E-state index in [1.807, 2.05) is 6.92 Å². The van der Waals surface area contributed by atoms with Gasteiger partial charge in [-0.2, -0.15) is 0 Å². The van der Waals surface area contributed by atoms with Crippen molar-refractivity contribution >= 4 is 12.1 Å². The smallest absolute Gasteiger partial charge is 0.443 e. The minimum absolute atomic E-state index is 0.0603. The number of hydrogen-bond donors (Lipinski definition) is 0. The summed E-state index contributed by atoms with van der Waals surface area (Å²) in [4.78, 5) is 28.3. The highest BCUT2D eigenvalue weighted by molar-refractivity contribution is 5.71. The second-order valence-electron chi connectivity index (χ2n) is 5.41. The minimum Gasteiger partial charge on any atom is -0.447 e. The van der Waals surface area contributed by atoms with Gasteiger partial charge in [-0.05, 0) is 25.2 Å². The van der Waals surface area contributed by atoms with Gasteiger partial charge in [0.1, 0.15) is 0 Å². The summed E-state index contributed by atoms with van der Waals surface area (Å²) in [6.07, 6.45) is 6.97. The van der Waals surface area contributed by atoms with Crippen molar-refractivity contribution in [2.24, 2.45) is 5.92 Å². The molecule has 1 aliphatic rings. The Hall–Kier alpha value is -1.52. The van der Waals surface area contributed by atoms with Gasteiger partial charge < -0.3 is 9.57 Å². The van der Waals surface area contributed by atoms with Crippen LogP contribution in [0.15, 0.2) is 12.7 Å². The van der Waals surface area contributed by atoms with Crippen LogP contribution in [0.1, 0.15) is 52.4 Å². The number of hydroxylamine groups is 2. The zero-order chi connectivity index (χ0) is 15.0. The maximum atomic E-state index is 12.1. The third-order valence-corrected chi connectivity index (χ3v) is 3.37. The predicted octanol–water partition coefficient (Wildman–Crippen LogP) is 3.45. The zero-order valence-electron chi connectivity index (χ0n) is 12.5. The summed E-state index contributed by atoms with van der Waals surface area (Å²) < 4.78 is 5.23. The first kappa shape index (κ1) is 16.5. The SMILES string of the molecule is C=CC[C@@H](C)COC(=O)N(OC(C)=O)C1CCCCC1. The van der Waals surface area contributed by atoms with E-state index in [4.69, 9.17) is 9.57 Å². The summed E-state index contributed by atoms with van der Waals surface area (Å²) in [6.45, 7) is 7.23. The molecule has 1 aliphatic carbocycles. The van der Waals surface area contributed by atoms with Crippen molar-refractivity contribution in [3.63, 3.8) is 0 Å². The van der Waals surface area contributed by atoms with Crippen LogP contribution in [0.2, 0.25) is 0 Å². The normalized spacial score (nSPS) is 17.1. The maximum absolute atomic E-state index is 12.1. The van der Waals surface area contributed by atoms with E-state index < -0.39 is 12.1 Å². The molecule has 0 N–H and O–H groups in total. The van der Waals surface area contributed by atoms with Crippen LogP contribution in [0, 0.1) is 5.92 Å². The van der Waals surface area contributed by atoms with Crippen LogP contribution in [-0.4, -0.2) is 29.8 Å². The molecule has 1 rings (SSSR count). The lowest BCUT2D eigenvalue weighted by atomic mass is 9.95. The molecule has 0 heterocycles. The summed E-state index contributed by atoms with van der Waals surface area (Å²) in [5.74, 6) is -0.284. The highest BCUT2D eigenvalue weighted by Gasteiger charge is 2.29. The topological polar surface area (TPSA) is 55.8 Å². The number of carbonyl (C=O) groups excluding carboxylic acids is 2. The van der Waals surface area contributed by atoms with E-state index in [1.165, 1.54) is 6.92 Å². The summed E-state index contributed by atoms with van der Waals surface area (Å²) >= 11 is 0. The first-order chi connectivity index (χ1) is 9.54. The molecule has 5 heteroatoms. The number of carbonyl (C=O) groups is 2. The predicted molar refractivity (Wildman–Crippen MR) is 75.8 cm³/mol. The van der Waals surface area contributed by atoms with Crippen molar-refractivity contribution in [2.45, 2.75) is 58.4 Å². The fourth-order valence-electron chi connectivity index (χ4n) is 2.34. The van der Waals surface area contributed by atoms with Crippen LogP contribution in [0.25, 0.3) is 0 Å². The zero-order valence-corrected chi connectivity index (χ0v) is 12.5. The van der Waals surface area contributed by atoms with E-state index in [0.717, 1.165) is 43.6 Å². The van der Waals surface area contributed by atoms with E-state index >= 15 is 0 Å². The number of allylic oxidation sites excluding steroid dienone is 1. The number of ether oxygens (including phenoxy) is 1. The molecule has 0 aromatic heterocycles. The van der Waals surface area contributed by atoms with E-state index in [1.54, 1.807) is 6.08 Å². The van der Waals surface area contributed by atoms with Gasteiger partial charge in [-0.25, -0.2) is 4.79 Å². The van der Waals surface area contributed by atoms with Gasteiger partial charge in [0, 0.05) is 6.92 Å². The molecule has 5 nitrogen and oxygen atoms in total. The van der Waals surface area contributed by atoms with Crippen molar-refractivity contribution in [1.29, 1.82) is 0 Å². The lowest BCUT2D eigenvalue weighted by molar-refractivity contribution is -0.190. The fourth-order valence-corrected chi connectivity index (χ4v) is 2.34. The number of hydrogen-bond acceptors (Lipinski definition) is 4. The molecule has 0 radical (unpaired) electrons. The summed E-state index contributed by atoms with van der Waals surface area (Å²) in [6, 6.07) is -0.0603. The highest BCUT2D eigenvalue weighted by Crippen LogP contribution is 2.23. The highest BCUT2D eigenvalue weighted by atomic mass is 16.8. The van der Waals surface area contributed by atoms with Crippen molar-refractivity contribution in [1.82, 2.24) is 5.06 Å². The number of amides is 1. The van der Waals surface area contributed by atoms with Gasteiger partial charge in [0.05, 0.1) is 12.6 Å². The largest absolute Gasteiger partial charge is 0.447 e. The summed E-state index contributed by atoms with van der Waals surface area (Å²) in [5, 5.41) is 1.13. The first-order valence-corrected chi connectivity index (χ1v) is 7.30. The third-order valence-electron chi connectivity index (χ3n) is 3.37. The van der Waals surface area contributed by atoms with E-state index in [-0.39, 0.29) is 12.0 Å². The molecule has 0 spiro atoms. The maximum Gasteiger partial charge on any atom is 0.443 e. The first-order valence-electron chi connectivity index (χ1n) is 7.30. The Labute approximate surface area is 120 Å². The van der Waals surface area contributed by atoms with E-state index in [9.17, 15) is 9.59 Å². The molecule has 0 aromatic carbocycles. The number of rotatable bonds is 5. The third kappa shape index (κ3) is 5.63. The molecule has 0 unspecified atom stereocenters. The van der Waals surface area contributed by atoms with Crippen LogP contribution >= 0.6 is 0 Å². The van der Waals surface area contributed by atoms with Gasteiger partial charge in [0.25, 0.3) is 0 Å². The van der Waals surface area contributed by atoms with E-state index in [2.05, 4.69) is 6.58 Å². The second kappa shape index (κ2) is 8.61. The Morgan fingerprint density at radius 2 is 2.00 bits per heavy atom. The van der Waals surface area contributed by atoms with Crippen LogP contribution in [0.5, 0.6) is 0 Å². The van der Waals surface area contributed by atoms with Gasteiger partial charge in [-0.1, -0.05) is 32.3 Å². The van der Waals surface area contributed by atoms with Crippen LogP contribution in [0.4, 0.5) is 4.79 Å². The minimum atomic E-state index is -0.567. The molecule has 20 heavy (non-hydrogen) atoms. The molecule has 1 saturated carbocycles. The molecule has 1 amide bonds. The summed E-state index contributed by atoms with van der Waals surface area (Å²) in [7, 11) is 0. The molecule has 114 valence electrons. The lowest BCUT2D eigenvalue weighted by Gasteiger charge is -2.31. The second-order valence-corrected chi connectivity index (χ2v) is 5.41. The molecule has 0 bridgehead atoms. The average molecular weight is 283 g/mol. The quantitative estimate of drug-likeness (QED) is 0.573. The van der Waals surface area contributed by atoms with E-state index in [0.29, 0.717) is 6.61 Å². The van der Waals surface area contributed by atoms with Crippen LogP contribution < -0.4 is 0 Å². The standard InChI is InChI=1S/C15H25NO4/c1-4-8-12(2)11-19-15(18)16(20-13(3)17)14-9-6-5-7-10-14/h4,12,14H,1,5-11H2,2-3H3/t12-/m1/s1. The Morgan fingerprint density at radius 1 is 1.35 bits per heavy atom. The molecule has 1 fully saturated rings.